The van der Waals surface area contributed by atoms with Gasteiger partial charge in [-0.25, -0.2) is 4.98 Å². The van der Waals surface area contributed by atoms with Gasteiger partial charge < -0.3 is 10.2 Å². The minimum Gasteiger partial charge on any atom is -0.338 e. The first-order valence-corrected chi connectivity index (χ1v) is 8.61. The molecular formula is C17H21Cl2N3OS. The summed E-state index contributed by atoms with van der Waals surface area (Å²) in [5, 5.41) is 6.51. The Morgan fingerprint density at radius 2 is 1.96 bits per heavy atom. The van der Waals surface area contributed by atoms with Crippen LogP contribution >= 0.6 is 36.2 Å². The molecule has 2 aromatic rings. The molecule has 0 radical (unpaired) electrons. The number of thiazole rings is 1. The molecule has 4 nitrogen and oxygen atoms in total. The second kappa shape index (κ2) is 7.83. The third kappa shape index (κ3) is 3.59. The molecule has 0 spiro atoms. The predicted octanol–water partition coefficient (Wildman–Crippen LogP) is 3.25. The maximum atomic E-state index is 12.8. The van der Waals surface area contributed by atoms with Gasteiger partial charge in [0.1, 0.15) is 0 Å². The Kier molecular flexibility index (Phi) is 6.26. The SMILES string of the molecule is Cc1nc(-c2cccc(C(=O)N3C[C@H]4CNC[C@H]4C3)c2)cs1.Cl.Cl. The second-order valence-electron chi connectivity index (χ2n) is 6.22. The van der Waals surface area contributed by atoms with Gasteiger partial charge in [0.15, 0.2) is 0 Å². The number of aryl methyl sites for hydroxylation is 1. The predicted molar refractivity (Wildman–Crippen MR) is 103 cm³/mol. The van der Waals surface area contributed by atoms with Crippen molar-refractivity contribution in [1.29, 1.82) is 0 Å². The monoisotopic (exact) mass is 385 g/mol. The lowest BCUT2D eigenvalue weighted by Crippen LogP contribution is -2.31. The molecule has 7 heteroatoms. The van der Waals surface area contributed by atoms with Gasteiger partial charge in [0.05, 0.1) is 10.7 Å². The van der Waals surface area contributed by atoms with Crippen molar-refractivity contribution in [1.82, 2.24) is 15.2 Å². The molecule has 0 bridgehead atoms. The molecule has 1 N–H and O–H groups in total. The maximum absolute atomic E-state index is 12.8. The number of amides is 1. The van der Waals surface area contributed by atoms with Gasteiger partial charge in [-0.05, 0) is 30.9 Å². The summed E-state index contributed by atoms with van der Waals surface area (Å²) in [5.41, 5.74) is 2.76. The van der Waals surface area contributed by atoms with E-state index in [0.717, 1.165) is 48.0 Å². The van der Waals surface area contributed by atoms with Crippen LogP contribution in [-0.2, 0) is 0 Å². The van der Waals surface area contributed by atoms with E-state index in [1.807, 2.05) is 41.5 Å². The van der Waals surface area contributed by atoms with Crippen LogP contribution in [0.25, 0.3) is 11.3 Å². The summed E-state index contributed by atoms with van der Waals surface area (Å²) in [6.07, 6.45) is 0. The van der Waals surface area contributed by atoms with E-state index < -0.39 is 0 Å². The normalized spacial score (nSPS) is 21.8. The Hall–Kier alpha value is -1.14. The van der Waals surface area contributed by atoms with Crippen LogP contribution in [0.4, 0.5) is 0 Å². The number of rotatable bonds is 2. The highest BCUT2D eigenvalue weighted by atomic mass is 35.5. The lowest BCUT2D eigenvalue weighted by Gasteiger charge is -2.17. The van der Waals surface area contributed by atoms with Crippen LogP contribution in [0.3, 0.4) is 0 Å². The molecule has 1 aromatic heterocycles. The highest BCUT2D eigenvalue weighted by Gasteiger charge is 2.38. The number of hydrogen-bond acceptors (Lipinski definition) is 4. The van der Waals surface area contributed by atoms with Crippen LogP contribution in [0.5, 0.6) is 0 Å². The summed E-state index contributed by atoms with van der Waals surface area (Å²) in [4.78, 5) is 19.3. The number of benzene rings is 1. The number of halogens is 2. The Morgan fingerprint density at radius 1 is 1.25 bits per heavy atom. The Balaban J connectivity index is 0.00000104. The zero-order valence-corrected chi connectivity index (χ0v) is 15.8. The van der Waals surface area contributed by atoms with E-state index in [4.69, 9.17) is 0 Å². The number of nitrogens with zero attached hydrogens (tertiary/aromatic N) is 2. The minimum absolute atomic E-state index is 0. The van der Waals surface area contributed by atoms with E-state index in [1.54, 1.807) is 11.3 Å². The Labute approximate surface area is 158 Å². The summed E-state index contributed by atoms with van der Waals surface area (Å²) < 4.78 is 0. The number of likely N-dealkylation sites (tertiary alicyclic amines) is 1. The van der Waals surface area contributed by atoms with Gasteiger partial charge in [0, 0.05) is 42.7 Å². The molecule has 0 saturated carbocycles. The van der Waals surface area contributed by atoms with E-state index >= 15 is 0 Å². The zero-order valence-electron chi connectivity index (χ0n) is 13.4. The maximum Gasteiger partial charge on any atom is 0.253 e. The van der Waals surface area contributed by atoms with Crippen LogP contribution in [-0.4, -0.2) is 42.0 Å². The van der Waals surface area contributed by atoms with Gasteiger partial charge in [0.2, 0.25) is 0 Å². The Bertz CT molecular complexity index is 709. The van der Waals surface area contributed by atoms with Gasteiger partial charge in [0.25, 0.3) is 5.91 Å². The fraction of sp³-hybridized carbons (Fsp3) is 0.412. The second-order valence-corrected chi connectivity index (χ2v) is 7.28. The quantitative estimate of drug-likeness (QED) is 0.862. The number of nitrogens with one attached hydrogen (secondary N) is 1. The number of fused-ring (bicyclic) bond motifs is 1. The molecule has 2 atom stereocenters. The highest BCUT2D eigenvalue weighted by molar-refractivity contribution is 7.09. The largest absolute Gasteiger partial charge is 0.338 e. The Morgan fingerprint density at radius 3 is 2.58 bits per heavy atom. The van der Waals surface area contributed by atoms with Gasteiger partial charge >= 0.3 is 0 Å². The molecule has 4 rings (SSSR count). The fourth-order valence-electron chi connectivity index (χ4n) is 3.51. The van der Waals surface area contributed by atoms with E-state index in [0.29, 0.717) is 11.8 Å². The van der Waals surface area contributed by atoms with Crippen molar-refractivity contribution in [3.8, 4) is 11.3 Å². The van der Waals surface area contributed by atoms with Crippen molar-refractivity contribution in [3.05, 3.63) is 40.2 Å². The van der Waals surface area contributed by atoms with Crippen LogP contribution in [0.15, 0.2) is 29.6 Å². The van der Waals surface area contributed by atoms with Gasteiger partial charge in [-0.2, -0.15) is 0 Å². The minimum atomic E-state index is 0. The molecule has 130 valence electrons. The van der Waals surface area contributed by atoms with Crippen LogP contribution in [0, 0.1) is 18.8 Å². The molecule has 0 aliphatic carbocycles. The number of carbonyl (C=O) groups excluding carboxylic acids is 1. The first-order chi connectivity index (χ1) is 10.7. The van der Waals surface area contributed by atoms with Gasteiger partial charge in [-0.15, -0.1) is 36.2 Å². The highest BCUT2D eigenvalue weighted by Crippen LogP contribution is 2.28. The molecule has 3 heterocycles. The van der Waals surface area contributed by atoms with Crippen LogP contribution in [0.2, 0.25) is 0 Å². The van der Waals surface area contributed by atoms with Crippen LogP contribution < -0.4 is 5.32 Å². The average molecular weight is 386 g/mol. The average Bonchev–Trinajstić information content (AvgIpc) is 3.21. The summed E-state index contributed by atoms with van der Waals surface area (Å²) in [6, 6.07) is 7.87. The van der Waals surface area contributed by atoms with Crippen LogP contribution in [0.1, 0.15) is 15.4 Å². The van der Waals surface area contributed by atoms with E-state index in [-0.39, 0.29) is 30.7 Å². The van der Waals surface area contributed by atoms with Crippen molar-refractivity contribution < 1.29 is 4.79 Å². The summed E-state index contributed by atoms with van der Waals surface area (Å²) in [5.74, 6) is 1.42. The molecule has 2 saturated heterocycles. The van der Waals surface area contributed by atoms with E-state index in [1.165, 1.54) is 0 Å². The summed E-state index contributed by atoms with van der Waals surface area (Å²) >= 11 is 1.64. The summed E-state index contributed by atoms with van der Waals surface area (Å²) in [6.45, 7) is 5.87. The number of aromatic nitrogens is 1. The van der Waals surface area contributed by atoms with Gasteiger partial charge in [-0.1, -0.05) is 12.1 Å². The molecular weight excluding hydrogens is 365 g/mol. The molecule has 24 heavy (non-hydrogen) atoms. The molecule has 0 unspecified atom stereocenters. The van der Waals surface area contributed by atoms with Gasteiger partial charge in [-0.3, -0.25) is 4.79 Å². The molecule has 2 aliphatic heterocycles. The fourth-order valence-corrected chi connectivity index (χ4v) is 4.13. The van der Waals surface area contributed by atoms with E-state index in [2.05, 4.69) is 10.3 Å². The molecule has 2 aliphatic rings. The standard InChI is InChI=1S/C17H19N3OS.2ClH/c1-11-19-16(10-22-11)12-3-2-4-13(5-12)17(21)20-8-14-6-18-7-15(14)9-20;;/h2-5,10,14-15,18H,6-9H2,1H3;2*1H/t14-,15+;;. The smallest absolute Gasteiger partial charge is 0.253 e. The topological polar surface area (TPSA) is 45.2 Å². The zero-order chi connectivity index (χ0) is 15.1. The number of hydrogen-bond donors (Lipinski definition) is 1. The van der Waals surface area contributed by atoms with Crippen molar-refractivity contribution in [2.75, 3.05) is 26.2 Å². The third-order valence-electron chi connectivity index (χ3n) is 4.70. The van der Waals surface area contributed by atoms with Crippen molar-refractivity contribution in [2.45, 2.75) is 6.92 Å². The molecule has 2 fully saturated rings. The van der Waals surface area contributed by atoms with E-state index in [9.17, 15) is 4.79 Å². The van der Waals surface area contributed by atoms with Crippen molar-refractivity contribution in [2.24, 2.45) is 11.8 Å². The molecule has 1 amide bonds. The van der Waals surface area contributed by atoms with Crippen molar-refractivity contribution in [3.63, 3.8) is 0 Å². The number of carbonyl (C=O) groups is 1. The first-order valence-electron chi connectivity index (χ1n) is 7.73. The lowest BCUT2D eigenvalue weighted by molar-refractivity contribution is 0.0782. The lowest BCUT2D eigenvalue weighted by atomic mass is 10.0. The molecule has 1 aromatic carbocycles. The third-order valence-corrected chi connectivity index (χ3v) is 5.47. The summed E-state index contributed by atoms with van der Waals surface area (Å²) in [7, 11) is 0. The van der Waals surface area contributed by atoms with Crippen molar-refractivity contribution >= 4 is 42.1 Å². The first kappa shape index (κ1) is 19.2.